The van der Waals surface area contributed by atoms with Gasteiger partial charge in [-0.2, -0.15) is 9.90 Å². The molecule has 1 aromatic heterocycles. The zero-order chi connectivity index (χ0) is 18.0. The second-order valence-corrected chi connectivity index (χ2v) is 6.00. The van der Waals surface area contributed by atoms with E-state index in [0.717, 1.165) is 5.56 Å². The lowest BCUT2D eigenvalue weighted by molar-refractivity contribution is 0.102. The second kappa shape index (κ2) is 6.94. The van der Waals surface area contributed by atoms with Crippen molar-refractivity contribution in [3.63, 3.8) is 0 Å². The van der Waals surface area contributed by atoms with Crippen LogP contribution in [0.25, 0.3) is 5.69 Å². The molecule has 7 heteroatoms. The molecule has 3 rings (SSSR count). The Balaban J connectivity index is 1.90. The van der Waals surface area contributed by atoms with Crippen LogP contribution < -0.4 is 10.1 Å². The lowest BCUT2D eigenvalue weighted by atomic mass is 10.2. The first-order chi connectivity index (χ1) is 12.0. The van der Waals surface area contributed by atoms with Crippen molar-refractivity contribution >= 4 is 23.2 Å². The number of nitrogens with one attached hydrogen (secondary N) is 1. The fourth-order valence-corrected chi connectivity index (χ4v) is 2.59. The summed E-state index contributed by atoms with van der Waals surface area (Å²) in [5, 5.41) is 12.0. The third kappa shape index (κ3) is 3.64. The van der Waals surface area contributed by atoms with Gasteiger partial charge >= 0.3 is 0 Å². The van der Waals surface area contributed by atoms with Crippen molar-refractivity contribution in [3.05, 3.63) is 64.4 Å². The molecule has 0 aliphatic heterocycles. The lowest BCUT2D eigenvalue weighted by Gasteiger charge is -2.10. The molecule has 1 heterocycles. The summed E-state index contributed by atoms with van der Waals surface area (Å²) in [5.41, 5.74) is 3.04. The molecular formula is C18H17ClN4O2. The molecule has 0 fully saturated rings. The molecule has 0 aliphatic rings. The predicted molar refractivity (Wildman–Crippen MR) is 96.8 cm³/mol. The van der Waals surface area contributed by atoms with Crippen LogP contribution in [-0.4, -0.2) is 28.0 Å². The Morgan fingerprint density at radius 2 is 1.96 bits per heavy atom. The van der Waals surface area contributed by atoms with Crippen LogP contribution in [0.2, 0.25) is 5.02 Å². The van der Waals surface area contributed by atoms with Gasteiger partial charge in [0, 0.05) is 5.02 Å². The van der Waals surface area contributed by atoms with Gasteiger partial charge in [0.2, 0.25) is 0 Å². The summed E-state index contributed by atoms with van der Waals surface area (Å²) in [4.78, 5) is 14.0. The van der Waals surface area contributed by atoms with Crippen LogP contribution in [0.15, 0.2) is 42.5 Å². The summed E-state index contributed by atoms with van der Waals surface area (Å²) in [7, 11) is 1.56. The molecule has 0 aliphatic carbocycles. The molecule has 3 aromatic rings. The van der Waals surface area contributed by atoms with E-state index in [-0.39, 0.29) is 11.6 Å². The normalized spacial score (nSPS) is 10.6. The summed E-state index contributed by atoms with van der Waals surface area (Å²) in [6, 6.07) is 12.7. The van der Waals surface area contributed by atoms with Crippen molar-refractivity contribution < 1.29 is 9.53 Å². The molecule has 0 saturated carbocycles. The van der Waals surface area contributed by atoms with E-state index in [1.807, 2.05) is 25.1 Å². The summed E-state index contributed by atoms with van der Waals surface area (Å²) in [6.45, 7) is 3.67. The van der Waals surface area contributed by atoms with E-state index in [4.69, 9.17) is 16.3 Å². The molecule has 0 bridgehead atoms. The topological polar surface area (TPSA) is 69.0 Å². The highest BCUT2D eigenvalue weighted by molar-refractivity contribution is 6.30. The molecule has 0 atom stereocenters. The van der Waals surface area contributed by atoms with Crippen LogP contribution in [0.4, 0.5) is 5.69 Å². The molecule has 0 unspecified atom stereocenters. The third-order valence-corrected chi connectivity index (χ3v) is 3.87. The number of halogens is 1. The largest absolute Gasteiger partial charge is 0.495 e. The number of aromatic nitrogens is 3. The van der Waals surface area contributed by atoms with Crippen LogP contribution in [0, 0.1) is 13.8 Å². The molecule has 6 nitrogen and oxygen atoms in total. The van der Waals surface area contributed by atoms with Crippen LogP contribution in [-0.2, 0) is 0 Å². The van der Waals surface area contributed by atoms with Gasteiger partial charge in [-0.05, 0) is 49.7 Å². The number of methoxy groups -OCH3 is 1. The van der Waals surface area contributed by atoms with Crippen molar-refractivity contribution in [2.75, 3.05) is 12.4 Å². The van der Waals surface area contributed by atoms with Gasteiger partial charge < -0.3 is 10.1 Å². The minimum Gasteiger partial charge on any atom is -0.495 e. The number of hydrogen-bond donors (Lipinski definition) is 1. The van der Waals surface area contributed by atoms with E-state index in [1.165, 1.54) is 4.80 Å². The molecule has 0 spiro atoms. The van der Waals surface area contributed by atoms with Gasteiger partial charge in [0.1, 0.15) is 5.75 Å². The number of anilines is 1. The molecule has 2 aromatic carbocycles. The van der Waals surface area contributed by atoms with Crippen LogP contribution in [0.1, 0.15) is 21.7 Å². The maximum atomic E-state index is 12.6. The fraction of sp³-hybridized carbons (Fsp3) is 0.167. The maximum absolute atomic E-state index is 12.6. The Hall–Kier alpha value is -2.86. The molecule has 1 amide bonds. The highest BCUT2D eigenvalue weighted by Crippen LogP contribution is 2.26. The number of ether oxygens (including phenoxy) is 1. The Bertz CT molecular complexity index is 937. The number of aryl methyl sites for hydroxylation is 2. The smallest absolute Gasteiger partial charge is 0.278 e. The SMILES string of the molecule is COc1ccc(C)cc1NC(=O)c1nn(-c2cccc(Cl)c2)nc1C. The number of carbonyl (C=O) groups excluding carboxylic acids is 1. The Kier molecular flexibility index (Phi) is 4.72. The highest BCUT2D eigenvalue weighted by atomic mass is 35.5. The van der Waals surface area contributed by atoms with Gasteiger partial charge in [-0.25, -0.2) is 0 Å². The summed E-state index contributed by atoms with van der Waals surface area (Å²) in [5.74, 6) is 0.230. The lowest BCUT2D eigenvalue weighted by Crippen LogP contribution is -2.15. The fourth-order valence-electron chi connectivity index (χ4n) is 2.41. The van der Waals surface area contributed by atoms with Crippen molar-refractivity contribution in [2.45, 2.75) is 13.8 Å². The van der Waals surface area contributed by atoms with E-state index < -0.39 is 0 Å². The number of amides is 1. The summed E-state index contributed by atoms with van der Waals surface area (Å²) in [6.07, 6.45) is 0. The first kappa shape index (κ1) is 17.0. The standard InChI is InChI=1S/C18H17ClN4O2/c1-11-7-8-16(25-3)15(9-11)20-18(24)17-12(2)21-23(22-17)14-6-4-5-13(19)10-14/h4-10H,1-3H3,(H,20,24). The maximum Gasteiger partial charge on any atom is 0.278 e. The number of hydrogen-bond acceptors (Lipinski definition) is 4. The van der Waals surface area contributed by atoms with Crippen LogP contribution in [0.3, 0.4) is 0 Å². The van der Waals surface area contributed by atoms with E-state index >= 15 is 0 Å². The molecule has 0 radical (unpaired) electrons. The highest BCUT2D eigenvalue weighted by Gasteiger charge is 2.18. The van der Waals surface area contributed by atoms with Crippen molar-refractivity contribution in [1.29, 1.82) is 0 Å². The predicted octanol–water partition coefficient (Wildman–Crippen LogP) is 3.80. The van der Waals surface area contributed by atoms with Gasteiger partial charge in [-0.15, -0.1) is 5.10 Å². The minimum absolute atomic E-state index is 0.239. The van der Waals surface area contributed by atoms with Gasteiger partial charge in [0.05, 0.1) is 24.2 Å². The third-order valence-electron chi connectivity index (χ3n) is 3.64. The summed E-state index contributed by atoms with van der Waals surface area (Å²) < 4.78 is 5.28. The number of benzene rings is 2. The quantitative estimate of drug-likeness (QED) is 0.772. The first-order valence-electron chi connectivity index (χ1n) is 7.64. The summed E-state index contributed by atoms with van der Waals surface area (Å²) >= 11 is 6.00. The zero-order valence-corrected chi connectivity index (χ0v) is 14.8. The van der Waals surface area contributed by atoms with Gasteiger partial charge in [0.25, 0.3) is 5.91 Å². The van der Waals surface area contributed by atoms with E-state index in [9.17, 15) is 4.79 Å². The van der Waals surface area contributed by atoms with Gasteiger partial charge in [-0.3, -0.25) is 4.79 Å². The van der Waals surface area contributed by atoms with Crippen LogP contribution in [0.5, 0.6) is 5.75 Å². The molecule has 1 N–H and O–H groups in total. The van der Waals surface area contributed by atoms with Crippen molar-refractivity contribution in [2.24, 2.45) is 0 Å². The van der Waals surface area contributed by atoms with Crippen molar-refractivity contribution in [3.8, 4) is 11.4 Å². The monoisotopic (exact) mass is 356 g/mol. The molecule has 128 valence electrons. The zero-order valence-electron chi connectivity index (χ0n) is 14.1. The second-order valence-electron chi connectivity index (χ2n) is 5.56. The molecule has 25 heavy (non-hydrogen) atoms. The Labute approximate surface area is 150 Å². The van der Waals surface area contributed by atoms with E-state index in [0.29, 0.717) is 27.8 Å². The first-order valence-corrected chi connectivity index (χ1v) is 8.01. The average Bonchev–Trinajstić information content (AvgIpc) is 2.97. The number of carbonyl (C=O) groups is 1. The Morgan fingerprint density at radius 3 is 2.68 bits per heavy atom. The number of rotatable bonds is 4. The van der Waals surface area contributed by atoms with E-state index in [2.05, 4.69) is 15.5 Å². The average molecular weight is 357 g/mol. The Morgan fingerprint density at radius 1 is 1.16 bits per heavy atom. The van der Waals surface area contributed by atoms with Gasteiger partial charge in [-0.1, -0.05) is 23.7 Å². The number of nitrogens with zero attached hydrogens (tertiary/aromatic N) is 3. The minimum atomic E-state index is -0.352. The van der Waals surface area contributed by atoms with E-state index in [1.54, 1.807) is 38.3 Å². The molecular weight excluding hydrogens is 340 g/mol. The molecule has 0 saturated heterocycles. The van der Waals surface area contributed by atoms with Crippen molar-refractivity contribution in [1.82, 2.24) is 15.0 Å². The van der Waals surface area contributed by atoms with Crippen LogP contribution >= 0.6 is 11.6 Å². The van der Waals surface area contributed by atoms with Gasteiger partial charge in [0.15, 0.2) is 5.69 Å².